The largest absolute Gasteiger partial charge is 0.373 e. The first-order chi connectivity index (χ1) is 10.3. The van der Waals surface area contributed by atoms with E-state index in [1.54, 1.807) is 0 Å². The molecular formula is C17H18N4. The molecule has 106 valence electrons. The molecule has 0 fully saturated rings. The minimum absolute atomic E-state index is 0.805. The van der Waals surface area contributed by atoms with Gasteiger partial charge in [0.1, 0.15) is 17.5 Å². The average Bonchev–Trinajstić information content (AvgIpc) is 2.55. The predicted octanol–water partition coefficient (Wildman–Crippen LogP) is 3.98. The maximum atomic E-state index is 4.54. The van der Waals surface area contributed by atoms with E-state index in [2.05, 4.69) is 51.8 Å². The van der Waals surface area contributed by atoms with Crippen LogP contribution in [0.4, 0.5) is 17.3 Å². The smallest absolute Gasteiger partial charge is 0.136 e. The van der Waals surface area contributed by atoms with Crippen molar-refractivity contribution in [1.29, 1.82) is 0 Å². The van der Waals surface area contributed by atoms with Crippen molar-refractivity contribution in [1.82, 2.24) is 9.97 Å². The maximum Gasteiger partial charge on any atom is 0.136 e. The van der Waals surface area contributed by atoms with Crippen molar-refractivity contribution in [3.63, 3.8) is 0 Å². The molecule has 3 rings (SSSR count). The van der Waals surface area contributed by atoms with E-state index in [0.717, 1.165) is 29.6 Å². The Balaban J connectivity index is 2.02. The number of aryl methyl sites for hydroxylation is 1. The lowest BCUT2D eigenvalue weighted by atomic mass is 10.1. The summed E-state index contributed by atoms with van der Waals surface area (Å²) in [6, 6.07) is 16.4. The Morgan fingerprint density at radius 3 is 2.52 bits per heavy atom. The van der Waals surface area contributed by atoms with Crippen molar-refractivity contribution in [2.75, 3.05) is 17.7 Å². The van der Waals surface area contributed by atoms with Crippen LogP contribution >= 0.6 is 0 Å². The van der Waals surface area contributed by atoms with E-state index in [4.69, 9.17) is 0 Å². The molecule has 0 bridgehead atoms. The molecule has 0 aliphatic carbocycles. The average molecular weight is 278 g/mol. The van der Waals surface area contributed by atoms with E-state index in [1.165, 1.54) is 10.8 Å². The lowest BCUT2D eigenvalue weighted by molar-refractivity contribution is 0.945. The van der Waals surface area contributed by atoms with Gasteiger partial charge in [-0.3, -0.25) is 0 Å². The van der Waals surface area contributed by atoms with Gasteiger partial charge in [-0.1, -0.05) is 43.3 Å². The van der Waals surface area contributed by atoms with Gasteiger partial charge in [0.05, 0.1) is 0 Å². The Morgan fingerprint density at radius 2 is 1.71 bits per heavy atom. The second kappa shape index (κ2) is 5.79. The fourth-order valence-corrected chi connectivity index (χ4v) is 2.32. The normalized spacial score (nSPS) is 10.6. The summed E-state index contributed by atoms with van der Waals surface area (Å²) < 4.78 is 0. The van der Waals surface area contributed by atoms with Gasteiger partial charge in [-0.15, -0.1) is 0 Å². The van der Waals surface area contributed by atoms with Gasteiger partial charge in [0.15, 0.2) is 0 Å². The zero-order valence-electron chi connectivity index (χ0n) is 12.2. The number of rotatable bonds is 4. The molecule has 0 unspecified atom stereocenters. The summed E-state index contributed by atoms with van der Waals surface area (Å²) in [5, 5.41) is 8.87. The van der Waals surface area contributed by atoms with E-state index in [9.17, 15) is 0 Å². The van der Waals surface area contributed by atoms with E-state index >= 15 is 0 Å². The van der Waals surface area contributed by atoms with Crippen molar-refractivity contribution in [2.24, 2.45) is 0 Å². The van der Waals surface area contributed by atoms with Crippen LogP contribution in [0.1, 0.15) is 12.7 Å². The molecule has 4 heteroatoms. The summed E-state index contributed by atoms with van der Waals surface area (Å²) in [5.74, 6) is 2.46. The van der Waals surface area contributed by atoms with Crippen LogP contribution < -0.4 is 10.6 Å². The molecule has 2 N–H and O–H groups in total. The third-order valence-corrected chi connectivity index (χ3v) is 3.40. The number of benzene rings is 2. The molecule has 0 radical (unpaired) electrons. The number of nitrogens with one attached hydrogen (secondary N) is 2. The molecule has 0 aliphatic rings. The summed E-state index contributed by atoms with van der Waals surface area (Å²) in [6.45, 7) is 2.05. The van der Waals surface area contributed by atoms with Crippen molar-refractivity contribution in [2.45, 2.75) is 13.3 Å². The predicted molar refractivity (Wildman–Crippen MR) is 88.2 cm³/mol. The Hall–Kier alpha value is -2.62. The molecule has 3 aromatic rings. The van der Waals surface area contributed by atoms with Crippen LogP contribution in [0.5, 0.6) is 0 Å². The quantitative estimate of drug-likeness (QED) is 0.758. The molecule has 0 spiro atoms. The molecule has 0 amide bonds. The minimum atomic E-state index is 0.805. The minimum Gasteiger partial charge on any atom is -0.373 e. The second-order valence-corrected chi connectivity index (χ2v) is 4.81. The van der Waals surface area contributed by atoms with Crippen LogP contribution in [0.25, 0.3) is 10.8 Å². The fourth-order valence-electron chi connectivity index (χ4n) is 2.32. The number of anilines is 3. The number of aromatic nitrogens is 2. The SMILES string of the molecule is CCc1nc(NC)cc(Nc2cccc3ccccc23)n1. The van der Waals surface area contributed by atoms with Gasteiger partial charge in [-0.2, -0.15) is 0 Å². The fraction of sp³-hybridized carbons (Fsp3) is 0.176. The number of hydrogen-bond acceptors (Lipinski definition) is 4. The monoisotopic (exact) mass is 278 g/mol. The highest BCUT2D eigenvalue weighted by Gasteiger charge is 2.05. The molecule has 0 atom stereocenters. The zero-order chi connectivity index (χ0) is 14.7. The van der Waals surface area contributed by atoms with Crippen molar-refractivity contribution in [3.05, 3.63) is 54.4 Å². The Morgan fingerprint density at radius 1 is 0.952 bits per heavy atom. The lowest BCUT2D eigenvalue weighted by Crippen LogP contribution is -2.03. The molecular weight excluding hydrogens is 260 g/mol. The summed E-state index contributed by atoms with van der Waals surface area (Å²) in [6.07, 6.45) is 0.805. The van der Waals surface area contributed by atoms with Gasteiger partial charge in [0.2, 0.25) is 0 Å². The summed E-state index contributed by atoms with van der Waals surface area (Å²) >= 11 is 0. The maximum absolute atomic E-state index is 4.54. The van der Waals surface area contributed by atoms with Crippen molar-refractivity contribution < 1.29 is 0 Å². The van der Waals surface area contributed by atoms with Gasteiger partial charge in [-0.05, 0) is 11.5 Å². The Kier molecular flexibility index (Phi) is 3.69. The highest BCUT2D eigenvalue weighted by atomic mass is 15.1. The van der Waals surface area contributed by atoms with Crippen molar-refractivity contribution >= 4 is 28.1 Å². The van der Waals surface area contributed by atoms with Gasteiger partial charge in [-0.25, -0.2) is 9.97 Å². The molecule has 21 heavy (non-hydrogen) atoms. The van der Waals surface area contributed by atoms with Crippen LogP contribution in [0.15, 0.2) is 48.5 Å². The summed E-state index contributed by atoms with van der Waals surface area (Å²) in [5.41, 5.74) is 1.05. The number of fused-ring (bicyclic) bond motifs is 1. The zero-order valence-corrected chi connectivity index (χ0v) is 12.2. The third-order valence-electron chi connectivity index (χ3n) is 3.40. The Bertz CT molecular complexity index is 740. The van der Waals surface area contributed by atoms with E-state index in [0.29, 0.717) is 0 Å². The highest BCUT2D eigenvalue weighted by molar-refractivity contribution is 5.95. The van der Waals surface area contributed by atoms with Gasteiger partial charge in [0.25, 0.3) is 0 Å². The highest BCUT2D eigenvalue weighted by Crippen LogP contribution is 2.26. The van der Waals surface area contributed by atoms with Crippen LogP contribution in [0.2, 0.25) is 0 Å². The molecule has 2 aromatic carbocycles. The van der Waals surface area contributed by atoms with Crippen LogP contribution in [-0.2, 0) is 6.42 Å². The molecule has 4 nitrogen and oxygen atoms in total. The van der Waals surface area contributed by atoms with Crippen molar-refractivity contribution in [3.8, 4) is 0 Å². The van der Waals surface area contributed by atoms with E-state index in [1.807, 2.05) is 31.3 Å². The first-order valence-corrected chi connectivity index (χ1v) is 7.10. The first kappa shape index (κ1) is 13.4. The van der Waals surface area contributed by atoms with Crippen LogP contribution in [-0.4, -0.2) is 17.0 Å². The van der Waals surface area contributed by atoms with Gasteiger partial charge < -0.3 is 10.6 Å². The molecule has 1 aromatic heterocycles. The molecule has 1 heterocycles. The second-order valence-electron chi connectivity index (χ2n) is 4.81. The molecule has 0 saturated carbocycles. The van der Waals surface area contributed by atoms with Gasteiger partial charge >= 0.3 is 0 Å². The lowest BCUT2D eigenvalue weighted by Gasteiger charge is -2.11. The molecule has 0 saturated heterocycles. The molecule has 0 aliphatic heterocycles. The van der Waals surface area contributed by atoms with E-state index in [-0.39, 0.29) is 0 Å². The third kappa shape index (κ3) is 2.79. The van der Waals surface area contributed by atoms with Crippen LogP contribution in [0.3, 0.4) is 0 Å². The number of hydrogen-bond donors (Lipinski definition) is 2. The summed E-state index contributed by atoms with van der Waals surface area (Å²) in [4.78, 5) is 8.95. The van der Waals surface area contributed by atoms with Crippen LogP contribution in [0, 0.1) is 0 Å². The topological polar surface area (TPSA) is 49.8 Å². The van der Waals surface area contributed by atoms with Gasteiger partial charge in [0, 0.05) is 30.6 Å². The first-order valence-electron chi connectivity index (χ1n) is 7.10. The van der Waals surface area contributed by atoms with E-state index < -0.39 is 0 Å². The number of nitrogens with zero attached hydrogens (tertiary/aromatic N) is 2. The Labute approximate surface area is 124 Å². The summed E-state index contributed by atoms with van der Waals surface area (Å²) in [7, 11) is 1.86. The standard InChI is InChI=1S/C17H18N4/c1-3-15-20-16(18-2)11-17(21-15)19-14-10-6-8-12-7-4-5-9-13(12)14/h4-11H,3H2,1-2H3,(H2,18,19,20,21).